The molecule has 0 aliphatic rings. The number of aromatic nitrogens is 1. The molecule has 0 unspecified atom stereocenters. The maximum atomic E-state index is 12.2. The van der Waals surface area contributed by atoms with Crippen LogP contribution in [0.1, 0.15) is 15.9 Å². The highest BCUT2D eigenvalue weighted by atomic mass is 16.5. The Bertz CT molecular complexity index is 932. The third-order valence-corrected chi connectivity index (χ3v) is 4.26. The summed E-state index contributed by atoms with van der Waals surface area (Å²) in [6.07, 6.45) is 3.78. The summed E-state index contributed by atoms with van der Waals surface area (Å²) in [6, 6.07) is 18.8. The zero-order chi connectivity index (χ0) is 19.9. The number of ether oxygens (including phenoxy) is 1. The van der Waals surface area contributed by atoms with Gasteiger partial charge in [-0.15, -0.1) is 0 Å². The monoisotopic (exact) mass is 377 g/mol. The van der Waals surface area contributed by atoms with Crippen molar-refractivity contribution in [2.45, 2.75) is 6.54 Å². The molecule has 1 N–H and O–H groups in total. The number of carbonyl (C=O) groups is 2. The molecule has 3 aromatic rings. The second-order valence-corrected chi connectivity index (χ2v) is 6.55. The van der Waals surface area contributed by atoms with Gasteiger partial charge in [-0.3, -0.25) is 4.79 Å². The molecule has 6 nitrogen and oxygen atoms in total. The Balaban J connectivity index is 1.49. The predicted octanol–water partition coefficient (Wildman–Crippen LogP) is 3.02. The smallest absolute Gasteiger partial charge is 0.338 e. The van der Waals surface area contributed by atoms with Gasteiger partial charge >= 0.3 is 5.97 Å². The Morgan fingerprint density at radius 1 is 1.00 bits per heavy atom. The molecule has 3 rings (SSSR count). The van der Waals surface area contributed by atoms with Crippen molar-refractivity contribution < 1.29 is 14.3 Å². The molecule has 0 atom stereocenters. The summed E-state index contributed by atoms with van der Waals surface area (Å²) in [7, 11) is 3.94. The van der Waals surface area contributed by atoms with Crippen LogP contribution in [0.5, 0.6) is 0 Å². The first-order chi connectivity index (χ1) is 13.5. The summed E-state index contributed by atoms with van der Waals surface area (Å²) in [5, 5.41) is 2.75. The van der Waals surface area contributed by atoms with Crippen molar-refractivity contribution in [3.8, 4) is 5.69 Å². The van der Waals surface area contributed by atoms with E-state index in [9.17, 15) is 9.59 Å². The van der Waals surface area contributed by atoms with Crippen LogP contribution in [-0.4, -0.2) is 37.1 Å². The minimum absolute atomic E-state index is 0.317. The van der Waals surface area contributed by atoms with Crippen molar-refractivity contribution in [2.24, 2.45) is 0 Å². The lowest BCUT2D eigenvalue weighted by atomic mass is 10.2. The van der Waals surface area contributed by atoms with E-state index < -0.39 is 5.97 Å². The Hall–Kier alpha value is -3.54. The number of carbonyl (C=O) groups excluding carboxylic acids is 2. The van der Waals surface area contributed by atoms with Gasteiger partial charge in [0, 0.05) is 44.4 Å². The summed E-state index contributed by atoms with van der Waals surface area (Å²) in [5.74, 6) is -0.869. The van der Waals surface area contributed by atoms with Gasteiger partial charge in [-0.2, -0.15) is 0 Å². The number of benzene rings is 2. The highest BCUT2D eigenvalue weighted by Gasteiger charge is 2.11. The van der Waals surface area contributed by atoms with Gasteiger partial charge in [-0.25, -0.2) is 4.79 Å². The first kappa shape index (κ1) is 19.2. The van der Waals surface area contributed by atoms with E-state index in [0.717, 1.165) is 16.9 Å². The molecule has 1 aromatic heterocycles. The van der Waals surface area contributed by atoms with Crippen LogP contribution in [0.15, 0.2) is 73.1 Å². The van der Waals surface area contributed by atoms with Crippen LogP contribution < -0.4 is 10.2 Å². The third kappa shape index (κ3) is 5.01. The molecule has 0 saturated carbocycles. The Kier molecular flexibility index (Phi) is 6.11. The average molecular weight is 377 g/mol. The minimum Gasteiger partial charge on any atom is -0.452 e. The topological polar surface area (TPSA) is 63.6 Å². The van der Waals surface area contributed by atoms with Gasteiger partial charge in [0.2, 0.25) is 0 Å². The van der Waals surface area contributed by atoms with Crippen molar-refractivity contribution >= 4 is 17.6 Å². The molecule has 0 fully saturated rings. The van der Waals surface area contributed by atoms with E-state index in [1.807, 2.05) is 78.4 Å². The summed E-state index contributed by atoms with van der Waals surface area (Å²) in [5.41, 5.74) is 3.32. The maximum absolute atomic E-state index is 12.2. The second-order valence-electron chi connectivity index (χ2n) is 6.55. The standard InChI is InChI=1S/C22H23N3O3/c1-24(2)19-10-8-17(9-11-19)15-23-21(26)16-28-22(27)18-6-5-7-20(14-18)25-12-3-4-13-25/h3-14H,15-16H2,1-2H3,(H,23,26). The van der Waals surface area contributed by atoms with Crippen LogP contribution in [-0.2, 0) is 16.1 Å². The number of amides is 1. The van der Waals surface area contributed by atoms with Gasteiger partial charge in [-0.05, 0) is 48.0 Å². The molecule has 0 saturated heterocycles. The highest BCUT2D eigenvalue weighted by molar-refractivity contribution is 5.91. The van der Waals surface area contributed by atoms with Crippen LogP contribution in [0, 0.1) is 0 Å². The van der Waals surface area contributed by atoms with Gasteiger partial charge in [0.25, 0.3) is 5.91 Å². The first-order valence-electron chi connectivity index (χ1n) is 8.96. The van der Waals surface area contributed by atoms with Gasteiger partial charge in [0.1, 0.15) is 0 Å². The molecule has 6 heteroatoms. The van der Waals surface area contributed by atoms with E-state index in [-0.39, 0.29) is 12.5 Å². The molecule has 0 spiro atoms. The highest BCUT2D eigenvalue weighted by Crippen LogP contribution is 2.13. The molecule has 1 amide bonds. The largest absolute Gasteiger partial charge is 0.452 e. The van der Waals surface area contributed by atoms with E-state index in [2.05, 4.69) is 5.32 Å². The lowest BCUT2D eigenvalue weighted by Gasteiger charge is -2.13. The van der Waals surface area contributed by atoms with Gasteiger partial charge in [-0.1, -0.05) is 18.2 Å². The van der Waals surface area contributed by atoms with Crippen LogP contribution in [0.3, 0.4) is 0 Å². The number of rotatable bonds is 7. The lowest BCUT2D eigenvalue weighted by Crippen LogP contribution is -2.28. The van der Waals surface area contributed by atoms with Crippen molar-refractivity contribution in [1.82, 2.24) is 9.88 Å². The van der Waals surface area contributed by atoms with E-state index in [4.69, 9.17) is 4.74 Å². The van der Waals surface area contributed by atoms with Gasteiger partial charge < -0.3 is 19.5 Å². The Morgan fingerprint density at radius 2 is 1.71 bits per heavy atom. The number of nitrogens with one attached hydrogen (secondary N) is 1. The van der Waals surface area contributed by atoms with Gasteiger partial charge in [0.05, 0.1) is 5.56 Å². The molecular weight excluding hydrogens is 354 g/mol. The van der Waals surface area contributed by atoms with Crippen molar-refractivity contribution in [3.05, 3.63) is 84.2 Å². The zero-order valence-corrected chi connectivity index (χ0v) is 16.0. The minimum atomic E-state index is -0.528. The summed E-state index contributed by atoms with van der Waals surface area (Å²) in [6.45, 7) is 0.0650. The van der Waals surface area contributed by atoms with Gasteiger partial charge in [0.15, 0.2) is 6.61 Å². The average Bonchev–Trinajstić information content (AvgIpc) is 3.26. The fourth-order valence-corrected chi connectivity index (χ4v) is 2.68. The van der Waals surface area contributed by atoms with Crippen LogP contribution in [0.25, 0.3) is 5.69 Å². The predicted molar refractivity (Wildman–Crippen MR) is 109 cm³/mol. The number of hydrogen-bond acceptors (Lipinski definition) is 4. The first-order valence-corrected chi connectivity index (χ1v) is 8.96. The quantitative estimate of drug-likeness (QED) is 0.643. The summed E-state index contributed by atoms with van der Waals surface area (Å²) >= 11 is 0. The normalized spacial score (nSPS) is 10.4. The van der Waals surface area contributed by atoms with Crippen LogP contribution in [0.4, 0.5) is 5.69 Å². The number of hydrogen-bond donors (Lipinski definition) is 1. The zero-order valence-electron chi connectivity index (χ0n) is 16.0. The fraction of sp³-hybridized carbons (Fsp3) is 0.182. The molecular formula is C22H23N3O3. The van der Waals surface area contributed by atoms with Crippen LogP contribution >= 0.6 is 0 Å². The van der Waals surface area contributed by atoms with Crippen molar-refractivity contribution in [1.29, 1.82) is 0 Å². The number of nitrogens with zero attached hydrogens (tertiary/aromatic N) is 2. The molecule has 0 aliphatic heterocycles. The Labute approximate surface area is 164 Å². The number of anilines is 1. The SMILES string of the molecule is CN(C)c1ccc(CNC(=O)COC(=O)c2cccc(-n3cccc3)c2)cc1. The Morgan fingerprint density at radius 3 is 2.39 bits per heavy atom. The molecule has 0 bridgehead atoms. The molecule has 0 aliphatic carbocycles. The van der Waals surface area contributed by atoms with E-state index in [1.165, 1.54) is 0 Å². The molecule has 28 heavy (non-hydrogen) atoms. The fourth-order valence-electron chi connectivity index (χ4n) is 2.68. The maximum Gasteiger partial charge on any atom is 0.338 e. The van der Waals surface area contributed by atoms with Crippen molar-refractivity contribution in [2.75, 3.05) is 25.6 Å². The summed E-state index contributed by atoms with van der Waals surface area (Å²) in [4.78, 5) is 26.2. The van der Waals surface area contributed by atoms with E-state index >= 15 is 0 Å². The van der Waals surface area contributed by atoms with E-state index in [1.54, 1.807) is 18.2 Å². The van der Waals surface area contributed by atoms with Crippen LogP contribution in [0.2, 0.25) is 0 Å². The lowest BCUT2D eigenvalue weighted by molar-refractivity contribution is -0.124. The third-order valence-electron chi connectivity index (χ3n) is 4.26. The summed E-state index contributed by atoms with van der Waals surface area (Å²) < 4.78 is 7.03. The molecule has 0 radical (unpaired) electrons. The molecule has 2 aromatic carbocycles. The number of esters is 1. The second kappa shape index (κ2) is 8.90. The van der Waals surface area contributed by atoms with Crippen molar-refractivity contribution in [3.63, 3.8) is 0 Å². The van der Waals surface area contributed by atoms with E-state index in [0.29, 0.717) is 12.1 Å². The molecule has 1 heterocycles. The molecule has 144 valence electrons.